The molecule has 0 saturated carbocycles. The van der Waals surface area contributed by atoms with E-state index < -0.39 is 30.3 Å². The van der Waals surface area contributed by atoms with Crippen molar-refractivity contribution in [2.75, 3.05) is 69.8 Å². The molecule has 6 rings (SSSR count). The summed E-state index contributed by atoms with van der Waals surface area (Å²) in [7, 11) is 1.59. The number of hydrogen-bond donors (Lipinski definition) is 1. The Kier molecular flexibility index (Phi) is 9.71. The zero-order chi connectivity index (χ0) is 34.8. The summed E-state index contributed by atoms with van der Waals surface area (Å²) in [5, 5.41) is 13.0. The van der Waals surface area contributed by atoms with Crippen LogP contribution in [-0.2, 0) is 9.47 Å². The van der Waals surface area contributed by atoms with Crippen molar-refractivity contribution in [2.45, 2.75) is 50.9 Å². The predicted molar refractivity (Wildman–Crippen MR) is 176 cm³/mol. The first-order chi connectivity index (χ1) is 23.4. The van der Waals surface area contributed by atoms with Crippen molar-refractivity contribution in [3.63, 3.8) is 0 Å². The van der Waals surface area contributed by atoms with Crippen molar-refractivity contribution in [1.29, 1.82) is 5.26 Å². The summed E-state index contributed by atoms with van der Waals surface area (Å²) in [6.45, 7) is 9.41. The summed E-state index contributed by atoms with van der Waals surface area (Å²) in [4.78, 5) is 31.6. The van der Waals surface area contributed by atoms with Crippen molar-refractivity contribution in [3.05, 3.63) is 48.2 Å². The van der Waals surface area contributed by atoms with E-state index in [0.29, 0.717) is 29.0 Å². The fraction of sp³-hybridized carbons (Fsp3) is 0.500. The normalized spacial score (nSPS) is 19.8. The number of likely N-dealkylation sites (tertiary alicyclic amines) is 1. The monoisotopic (exact) mass is 678 g/mol. The molecule has 1 unspecified atom stereocenters. The average Bonchev–Trinajstić information content (AvgIpc) is 3.04. The number of rotatable bonds is 8. The average molecular weight is 679 g/mol. The fourth-order valence-electron chi connectivity index (χ4n) is 5.93. The largest absolute Gasteiger partial charge is 0.483 e. The van der Waals surface area contributed by atoms with Crippen molar-refractivity contribution in [2.24, 2.45) is 0 Å². The van der Waals surface area contributed by atoms with Crippen molar-refractivity contribution in [3.8, 4) is 29.0 Å². The molecule has 49 heavy (non-hydrogen) atoms. The van der Waals surface area contributed by atoms with Crippen LogP contribution in [0, 0.1) is 11.3 Å². The molecule has 0 radical (unpaired) electrons. The highest BCUT2D eigenvalue weighted by Crippen LogP contribution is 2.35. The van der Waals surface area contributed by atoms with Crippen molar-refractivity contribution >= 4 is 23.5 Å². The number of carbonyl (C=O) groups excluding carboxylic acids is 1. The van der Waals surface area contributed by atoms with E-state index >= 15 is 8.78 Å². The van der Waals surface area contributed by atoms with Crippen LogP contribution < -0.4 is 19.7 Å². The smallest absolute Gasteiger partial charge is 0.410 e. The topological polar surface area (TPSA) is 138 Å². The van der Waals surface area contributed by atoms with Crippen LogP contribution >= 0.6 is 0 Å². The summed E-state index contributed by atoms with van der Waals surface area (Å²) in [5.41, 5.74) is 1.23. The highest BCUT2D eigenvalue weighted by molar-refractivity contribution is 5.69. The van der Waals surface area contributed by atoms with Crippen LogP contribution in [0.15, 0.2) is 42.6 Å². The zero-order valence-electron chi connectivity index (χ0n) is 28.0. The summed E-state index contributed by atoms with van der Waals surface area (Å²) in [6, 6.07) is 12.7. The molecule has 1 atom stereocenters. The quantitative estimate of drug-likeness (QED) is 0.353. The minimum atomic E-state index is -3.36. The number of carbonyl (C=O) groups is 1. The highest BCUT2D eigenvalue weighted by Gasteiger charge is 2.48. The van der Waals surface area contributed by atoms with Gasteiger partial charge in [-0.05, 0) is 57.2 Å². The van der Waals surface area contributed by atoms with Gasteiger partial charge in [-0.15, -0.1) is 0 Å². The van der Waals surface area contributed by atoms with Gasteiger partial charge < -0.3 is 34.1 Å². The molecular formula is C34H40F2N8O5. The third-order valence-corrected chi connectivity index (χ3v) is 8.57. The molecule has 260 valence electrons. The predicted octanol–water partition coefficient (Wildman–Crippen LogP) is 4.71. The number of benzene rings is 1. The Morgan fingerprint density at radius 2 is 1.86 bits per heavy atom. The molecule has 3 aliphatic rings. The molecule has 1 amide bonds. The van der Waals surface area contributed by atoms with E-state index in [1.54, 1.807) is 46.2 Å². The Morgan fingerprint density at radius 1 is 1.08 bits per heavy atom. The summed E-state index contributed by atoms with van der Waals surface area (Å²) < 4.78 is 52.1. The van der Waals surface area contributed by atoms with Crippen LogP contribution in [0.25, 0.3) is 11.3 Å². The standard InChI is InChI=1S/C34H40F2N8O5/c1-33(2,3)49-32(45)44-12-10-28(34(35,36)21-44)48-27-7-5-22(17-23(27)18-37)25-9-11-38-31(39-25)41-29-8-6-26(30(40-29)46-4)43-15-13-42(14-16-43)24-19-47-20-24/h5-9,11,17,24,28H,10,12-16,19-21H2,1-4H3,(H,38,39,40,41). The maximum absolute atomic E-state index is 15.1. The van der Waals surface area contributed by atoms with Crippen molar-refractivity contribution < 1.29 is 32.5 Å². The molecular weight excluding hydrogens is 638 g/mol. The third kappa shape index (κ3) is 7.92. The molecule has 1 N–H and O–H groups in total. The summed E-state index contributed by atoms with van der Waals surface area (Å²) >= 11 is 0. The number of nitriles is 1. The summed E-state index contributed by atoms with van der Waals surface area (Å²) in [5.74, 6) is -2.10. The van der Waals surface area contributed by atoms with Crippen LogP contribution in [0.2, 0.25) is 0 Å². The molecule has 2 aromatic heterocycles. The number of hydrogen-bond acceptors (Lipinski definition) is 12. The van der Waals surface area contributed by atoms with E-state index in [0.717, 1.165) is 50.0 Å². The fourth-order valence-corrected chi connectivity index (χ4v) is 5.93. The molecule has 15 heteroatoms. The van der Waals surface area contributed by atoms with Gasteiger partial charge in [-0.3, -0.25) is 4.90 Å². The van der Waals surface area contributed by atoms with Gasteiger partial charge in [-0.25, -0.2) is 23.5 Å². The first-order valence-electron chi connectivity index (χ1n) is 16.2. The van der Waals surface area contributed by atoms with Crippen LogP contribution in [0.5, 0.6) is 11.6 Å². The van der Waals surface area contributed by atoms with E-state index in [9.17, 15) is 10.1 Å². The number of alkyl halides is 2. The number of ether oxygens (including phenoxy) is 4. The van der Waals surface area contributed by atoms with Crippen LogP contribution in [0.3, 0.4) is 0 Å². The molecule has 3 fully saturated rings. The molecule has 5 heterocycles. The number of anilines is 3. The number of piperidine rings is 1. The van der Waals surface area contributed by atoms with E-state index in [2.05, 4.69) is 30.1 Å². The molecule has 0 aliphatic carbocycles. The van der Waals surface area contributed by atoms with E-state index in [1.807, 2.05) is 18.2 Å². The SMILES string of the molecule is COc1nc(Nc2nccc(-c3ccc(OC4CCN(C(=O)OC(C)(C)C)CC4(F)F)c(C#N)c3)n2)ccc1N1CCN(C2COC2)CC1. The van der Waals surface area contributed by atoms with E-state index in [-0.39, 0.29) is 30.2 Å². The maximum Gasteiger partial charge on any atom is 0.410 e. The number of nitrogens with zero attached hydrogens (tertiary/aromatic N) is 7. The van der Waals surface area contributed by atoms with Crippen LogP contribution in [0.4, 0.5) is 31.0 Å². The summed E-state index contributed by atoms with van der Waals surface area (Å²) in [6.07, 6.45) is -0.894. The Bertz CT molecular complexity index is 1700. The Morgan fingerprint density at radius 3 is 2.51 bits per heavy atom. The van der Waals surface area contributed by atoms with Gasteiger partial charge in [0.25, 0.3) is 0 Å². The molecule has 13 nitrogen and oxygen atoms in total. The molecule has 0 bridgehead atoms. The van der Waals surface area contributed by atoms with Gasteiger partial charge in [0, 0.05) is 50.9 Å². The number of piperazine rings is 1. The molecule has 3 aliphatic heterocycles. The van der Waals surface area contributed by atoms with Crippen LogP contribution in [0.1, 0.15) is 32.8 Å². The van der Waals surface area contributed by atoms with Crippen molar-refractivity contribution in [1.82, 2.24) is 24.8 Å². The van der Waals surface area contributed by atoms with Gasteiger partial charge in [0.2, 0.25) is 11.8 Å². The zero-order valence-corrected chi connectivity index (χ0v) is 28.0. The maximum atomic E-state index is 15.1. The first kappa shape index (κ1) is 34.1. The first-order valence-corrected chi connectivity index (χ1v) is 16.2. The number of nitrogens with one attached hydrogen (secondary N) is 1. The Labute approximate surface area is 283 Å². The lowest BCUT2D eigenvalue weighted by Gasteiger charge is -2.43. The number of aromatic nitrogens is 3. The van der Waals surface area contributed by atoms with Gasteiger partial charge in [-0.2, -0.15) is 10.2 Å². The molecule has 0 spiro atoms. The second kappa shape index (κ2) is 14.0. The minimum Gasteiger partial charge on any atom is -0.483 e. The van der Waals surface area contributed by atoms with Gasteiger partial charge in [0.1, 0.15) is 28.9 Å². The lowest BCUT2D eigenvalue weighted by atomic mass is 10.0. The lowest BCUT2D eigenvalue weighted by Crippen LogP contribution is -2.56. The highest BCUT2D eigenvalue weighted by atomic mass is 19.3. The molecule has 1 aromatic carbocycles. The molecule has 3 saturated heterocycles. The van der Waals surface area contributed by atoms with Gasteiger partial charge in [0.15, 0.2) is 6.10 Å². The second-order valence-electron chi connectivity index (χ2n) is 13.2. The number of halogens is 2. The Balaban J connectivity index is 1.11. The third-order valence-electron chi connectivity index (χ3n) is 8.57. The molecule has 3 aromatic rings. The van der Waals surface area contributed by atoms with E-state index in [1.165, 1.54) is 12.1 Å². The number of methoxy groups -OCH3 is 1. The number of amides is 1. The van der Waals surface area contributed by atoms with E-state index in [4.69, 9.17) is 18.9 Å². The van der Waals surface area contributed by atoms with Gasteiger partial charge >= 0.3 is 12.0 Å². The van der Waals surface area contributed by atoms with Crippen LogP contribution in [-0.4, -0.2) is 114 Å². The second-order valence-corrected chi connectivity index (χ2v) is 13.2. The minimum absolute atomic E-state index is 0.0175. The van der Waals surface area contributed by atoms with Gasteiger partial charge in [0.05, 0.1) is 44.2 Å². The van der Waals surface area contributed by atoms with Gasteiger partial charge in [-0.1, -0.05) is 0 Å². The lowest BCUT2D eigenvalue weighted by molar-refractivity contribution is -0.137. The number of pyridine rings is 1. The Hall–Kier alpha value is -4.81.